The second-order valence-corrected chi connectivity index (χ2v) is 10.0. The van der Waals surface area contributed by atoms with Gasteiger partial charge in [-0.15, -0.1) is 0 Å². The summed E-state index contributed by atoms with van der Waals surface area (Å²) in [5.41, 5.74) is 0.505. The van der Waals surface area contributed by atoms with E-state index in [2.05, 4.69) is 43.4 Å². The van der Waals surface area contributed by atoms with E-state index in [0.29, 0.717) is 11.3 Å². The molecule has 0 saturated heterocycles. The van der Waals surface area contributed by atoms with Gasteiger partial charge in [0.1, 0.15) is 5.69 Å². The summed E-state index contributed by atoms with van der Waals surface area (Å²) in [5.74, 6) is 0. The van der Waals surface area contributed by atoms with Crippen LogP contribution in [0.2, 0.25) is 0 Å². The number of anilines is 1. The molecular weight excluding hydrogens is 366 g/mol. The van der Waals surface area contributed by atoms with Crippen LogP contribution in [-0.2, 0) is 0 Å². The zero-order valence-corrected chi connectivity index (χ0v) is 16.5. The van der Waals surface area contributed by atoms with Crippen molar-refractivity contribution in [2.45, 2.75) is 39.8 Å². The molecule has 0 amide bonds. The van der Waals surface area contributed by atoms with Crippen molar-refractivity contribution in [3.8, 4) is 0 Å². The Balaban J connectivity index is 1.94. The van der Waals surface area contributed by atoms with Crippen molar-refractivity contribution in [2.24, 2.45) is 0 Å². The highest BCUT2D eigenvalue weighted by atomic mass is 32.2. The van der Waals surface area contributed by atoms with Gasteiger partial charge in [-0.25, -0.2) is 0 Å². The quantitative estimate of drug-likeness (QED) is 0.694. The van der Waals surface area contributed by atoms with Crippen LogP contribution in [0.25, 0.3) is 4.91 Å². The van der Waals surface area contributed by atoms with Crippen molar-refractivity contribution < 1.29 is 0 Å². The lowest BCUT2D eigenvalue weighted by Gasteiger charge is -2.34. The third-order valence-corrected chi connectivity index (χ3v) is 8.59. The van der Waals surface area contributed by atoms with Gasteiger partial charge in [0.05, 0.1) is 14.0 Å². The van der Waals surface area contributed by atoms with Gasteiger partial charge in [-0.1, -0.05) is 47.0 Å². The van der Waals surface area contributed by atoms with Crippen LogP contribution in [0.3, 0.4) is 0 Å². The summed E-state index contributed by atoms with van der Waals surface area (Å²) in [4.78, 5) is 27.4. The van der Waals surface area contributed by atoms with Gasteiger partial charge in [0, 0.05) is 17.0 Å². The van der Waals surface area contributed by atoms with Gasteiger partial charge in [-0.2, -0.15) is 0 Å². The molecule has 3 rings (SSSR count). The molecule has 0 radical (unpaired) electrons. The van der Waals surface area contributed by atoms with E-state index in [1.165, 1.54) is 8.47 Å². The summed E-state index contributed by atoms with van der Waals surface area (Å²) in [6.45, 7) is 8.21. The average molecular weight is 384 g/mol. The van der Waals surface area contributed by atoms with Crippen molar-refractivity contribution in [1.29, 1.82) is 0 Å². The molecule has 0 saturated carbocycles. The molecule has 2 aliphatic rings. The first-order valence-electron chi connectivity index (χ1n) is 7.31. The molecule has 2 aliphatic heterocycles. The summed E-state index contributed by atoms with van der Waals surface area (Å²) in [6, 6.07) is 0.361. The van der Waals surface area contributed by atoms with Gasteiger partial charge in [0.25, 0.3) is 0 Å². The van der Waals surface area contributed by atoms with Gasteiger partial charge < -0.3 is 4.90 Å². The molecule has 0 aliphatic carbocycles. The SMILES string of the molecule is CC(C)N(c1c(C2=CSC(=C3SC=CS3)S2)c(=O)c1=O)C(C)C. The molecule has 3 nitrogen and oxygen atoms in total. The van der Waals surface area contributed by atoms with Crippen molar-refractivity contribution in [1.82, 2.24) is 0 Å². The van der Waals surface area contributed by atoms with Crippen molar-refractivity contribution in [3.63, 3.8) is 0 Å². The number of hydrogen-bond donors (Lipinski definition) is 0. The number of hydrogen-bond acceptors (Lipinski definition) is 7. The third kappa shape index (κ3) is 3.08. The lowest BCUT2D eigenvalue weighted by molar-refractivity contribution is 0.603. The predicted molar refractivity (Wildman–Crippen MR) is 109 cm³/mol. The zero-order chi connectivity index (χ0) is 16.7. The van der Waals surface area contributed by atoms with Crippen molar-refractivity contribution in [2.75, 3.05) is 4.90 Å². The zero-order valence-electron chi connectivity index (χ0n) is 13.3. The van der Waals surface area contributed by atoms with Crippen LogP contribution in [-0.4, -0.2) is 12.1 Å². The third-order valence-electron chi connectivity index (χ3n) is 3.55. The van der Waals surface area contributed by atoms with E-state index in [1.807, 2.05) is 5.41 Å². The number of rotatable bonds is 4. The topological polar surface area (TPSA) is 37.4 Å². The normalized spacial score (nSPS) is 17.9. The molecule has 7 heteroatoms. The molecule has 0 bridgehead atoms. The lowest BCUT2D eigenvalue weighted by Crippen LogP contribution is -2.48. The first kappa shape index (κ1) is 17.3. The van der Waals surface area contributed by atoms with Gasteiger partial charge in [0.2, 0.25) is 10.9 Å². The largest absolute Gasteiger partial charge is 0.363 e. The molecule has 1 aromatic carbocycles. The summed E-state index contributed by atoms with van der Waals surface area (Å²) in [6.07, 6.45) is 0. The van der Waals surface area contributed by atoms with Gasteiger partial charge >= 0.3 is 0 Å². The van der Waals surface area contributed by atoms with E-state index in [-0.39, 0.29) is 22.9 Å². The predicted octanol–water partition coefficient (Wildman–Crippen LogP) is 4.76. The van der Waals surface area contributed by atoms with Crippen LogP contribution < -0.4 is 15.8 Å². The fraction of sp³-hybridized carbons (Fsp3) is 0.375. The maximum atomic E-state index is 12.2. The standard InChI is InChI=1S/C16H17NO2S4/c1-8(2)17(9(3)4)12-11(13(18)14(12)19)10-7-22-16(23-10)15-20-5-6-21-15/h5-9H,1-4H3. The Labute approximate surface area is 152 Å². The van der Waals surface area contributed by atoms with E-state index >= 15 is 0 Å². The molecule has 0 fully saturated rings. The fourth-order valence-electron chi connectivity index (χ4n) is 2.73. The van der Waals surface area contributed by atoms with Crippen molar-refractivity contribution in [3.05, 3.63) is 50.7 Å². The molecule has 0 atom stereocenters. The smallest absolute Gasteiger partial charge is 0.250 e. The van der Waals surface area contributed by atoms with Crippen LogP contribution in [0, 0.1) is 0 Å². The Bertz CT molecular complexity index is 779. The maximum Gasteiger partial charge on any atom is 0.250 e. The maximum absolute atomic E-state index is 12.2. The summed E-state index contributed by atoms with van der Waals surface area (Å²) < 4.78 is 2.44. The Morgan fingerprint density at radius 3 is 2.04 bits per heavy atom. The molecule has 2 heterocycles. The Kier molecular flexibility index (Phi) is 5.11. The minimum atomic E-state index is -0.346. The number of thioether (sulfide) groups is 4. The molecule has 122 valence electrons. The van der Waals surface area contributed by atoms with Crippen LogP contribution in [0.4, 0.5) is 5.69 Å². The van der Waals surface area contributed by atoms with Crippen LogP contribution >= 0.6 is 47.0 Å². The van der Waals surface area contributed by atoms with Crippen LogP contribution in [0.15, 0.2) is 34.3 Å². The highest BCUT2D eigenvalue weighted by molar-refractivity contribution is 8.35. The van der Waals surface area contributed by atoms with Gasteiger partial charge in [-0.05, 0) is 43.9 Å². The van der Waals surface area contributed by atoms with Crippen LogP contribution in [0.1, 0.15) is 33.3 Å². The molecule has 0 spiro atoms. The molecule has 0 aromatic heterocycles. The van der Waals surface area contributed by atoms with E-state index < -0.39 is 0 Å². The van der Waals surface area contributed by atoms with E-state index in [0.717, 1.165) is 4.91 Å². The summed E-state index contributed by atoms with van der Waals surface area (Å²) in [7, 11) is 0. The summed E-state index contributed by atoms with van der Waals surface area (Å²) in [5, 5.41) is 6.13. The molecule has 23 heavy (non-hydrogen) atoms. The first-order valence-corrected chi connectivity index (χ1v) is 10.8. The highest BCUT2D eigenvalue weighted by Crippen LogP contribution is 2.56. The van der Waals surface area contributed by atoms with Crippen molar-refractivity contribution >= 4 is 57.6 Å². The molecular formula is C16H17NO2S4. The van der Waals surface area contributed by atoms with E-state index in [1.54, 1.807) is 47.0 Å². The minimum absolute atomic E-state index is 0.180. The Morgan fingerprint density at radius 1 is 0.870 bits per heavy atom. The minimum Gasteiger partial charge on any atom is -0.363 e. The Hall–Kier alpha value is -0.500. The van der Waals surface area contributed by atoms with E-state index in [4.69, 9.17) is 0 Å². The second-order valence-electron chi connectivity index (χ2n) is 5.76. The monoisotopic (exact) mass is 383 g/mol. The summed E-state index contributed by atoms with van der Waals surface area (Å²) >= 11 is 6.66. The molecule has 0 N–H and O–H groups in total. The molecule has 1 aromatic rings. The van der Waals surface area contributed by atoms with E-state index in [9.17, 15) is 9.59 Å². The van der Waals surface area contributed by atoms with Crippen LogP contribution in [0.5, 0.6) is 0 Å². The lowest BCUT2D eigenvalue weighted by atomic mass is 10.0. The average Bonchev–Trinajstić information content (AvgIpc) is 3.16. The molecule has 0 unspecified atom stereocenters. The highest BCUT2D eigenvalue weighted by Gasteiger charge is 2.33. The second kappa shape index (κ2) is 6.78. The van der Waals surface area contributed by atoms with Gasteiger partial charge in [-0.3, -0.25) is 9.59 Å². The number of nitrogens with zero attached hydrogens (tertiary/aromatic N) is 1. The first-order chi connectivity index (χ1) is 10.9. The van der Waals surface area contributed by atoms with Gasteiger partial charge in [0.15, 0.2) is 0 Å². The fourth-order valence-corrected chi connectivity index (χ4v) is 7.23. The Morgan fingerprint density at radius 2 is 1.48 bits per heavy atom.